The van der Waals surface area contributed by atoms with Crippen LogP contribution in [0, 0.1) is 5.92 Å². The van der Waals surface area contributed by atoms with E-state index in [-0.39, 0.29) is 17.7 Å². The molecule has 1 aliphatic rings. The topological polar surface area (TPSA) is 70.7 Å². The van der Waals surface area contributed by atoms with Crippen LogP contribution in [0.5, 0.6) is 0 Å². The van der Waals surface area contributed by atoms with Gasteiger partial charge in [-0.15, -0.1) is 0 Å². The van der Waals surface area contributed by atoms with Gasteiger partial charge in [0, 0.05) is 30.6 Å². The summed E-state index contributed by atoms with van der Waals surface area (Å²) in [5.41, 5.74) is 0.838. The van der Waals surface area contributed by atoms with Gasteiger partial charge >= 0.3 is 0 Å². The lowest BCUT2D eigenvalue weighted by molar-refractivity contribution is -0.126. The van der Waals surface area contributed by atoms with Crippen LogP contribution in [0.3, 0.4) is 0 Å². The summed E-state index contributed by atoms with van der Waals surface area (Å²) in [7, 11) is 1.62. The normalized spacial score (nSPS) is 15.6. The molecule has 0 aromatic heterocycles. The maximum Gasteiger partial charge on any atom is 0.238 e. The molecule has 0 saturated carbocycles. The molecule has 0 radical (unpaired) electrons. The third kappa shape index (κ3) is 5.28. The molecule has 0 spiro atoms. The Balaban J connectivity index is 1.47. The van der Waals surface area contributed by atoms with Crippen LogP contribution < -0.4 is 10.6 Å². The van der Waals surface area contributed by atoms with E-state index in [9.17, 15) is 9.59 Å². The van der Waals surface area contributed by atoms with Gasteiger partial charge in [-0.2, -0.15) is 0 Å². The summed E-state index contributed by atoms with van der Waals surface area (Å²) < 4.78 is 4.95. The van der Waals surface area contributed by atoms with E-state index in [1.807, 2.05) is 42.5 Å². The summed E-state index contributed by atoms with van der Waals surface area (Å²) in [5, 5.41) is 8.07. The van der Waals surface area contributed by atoms with Crippen LogP contribution in [-0.2, 0) is 14.3 Å². The number of nitrogens with zero attached hydrogens (tertiary/aromatic N) is 1. The number of methoxy groups -OCH3 is 1. The molecule has 6 heteroatoms. The molecule has 27 heavy (non-hydrogen) atoms. The number of hydrogen-bond donors (Lipinski definition) is 2. The number of anilines is 1. The van der Waals surface area contributed by atoms with E-state index in [4.69, 9.17) is 4.74 Å². The van der Waals surface area contributed by atoms with Crippen LogP contribution >= 0.6 is 0 Å². The first-order chi connectivity index (χ1) is 13.2. The van der Waals surface area contributed by atoms with Crippen LogP contribution in [0.1, 0.15) is 12.8 Å². The second kappa shape index (κ2) is 9.48. The van der Waals surface area contributed by atoms with Gasteiger partial charge in [-0.3, -0.25) is 14.5 Å². The highest BCUT2D eigenvalue weighted by atomic mass is 16.5. The number of nitrogens with one attached hydrogen (secondary N) is 2. The van der Waals surface area contributed by atoms with Crippen LogP contribution in [0.4, 0.5) is 5.69 Å². The monoisotopic (exact) mass is 369 g/mol. The molecule has 1 saturated heterocycles. The van der Waals surface area contributed by atoms with Gasteiger partial charge in [0.25, 0.3) is 0 Å². The molecule has 144 valence electrons. The number of benzene rings is 2. The third-order valence-electron chi connectivity index (χ3n) is 4.99. The molecule has 2 aromatic carbocycles. The number of carbonyl (C=O) groups excluding carboxylic acids is 2. The Morgan fingerprint density at radius 2 is 1.85 bits per heavy atom. The predicted octanol–water partition coefficient (Wildman–Crippen LogP) is 2.25. The van der Waals surface area contributed by atoms with E-state index in [0.717, 1.165) is 42.4 Å². The van der Waals surface area contributed by atoms with Crippen molar-refractivity contribution in [1.82, 2.24) is 10.2 Å². The van der Waals surface area contributed by atoms with Crippen molar-refractivity contribution < 1.29 is 14.3 Å². The first-order valence-electron chi connectivity index (χ1n) is 9.44. The first kappa shape index (κ1) is 19.3. The second-order valence-corrected chi connectivity index (χ2v) is 6.91. The van der Waals surface area contributed by atoms with Gasteiger partial charge in [-0.05, 0) is 37.4 Å². The molecule has 2 aromatic rings. The van der Waals surface area contributed by atoms with Gasteiger partial charge in [0.15, 0.2) is 0 Å². The summed E-state index contributed by atoms with van der Waals surface area (Å²) >= 11 is 0. The molecule has 0 bridgehead atoms. The smallest absolute Gasteiger partial charge is 0.238 e. The lowest BCUT2D eigenvalue weighted by Gasteiger charge is -2.30. The fourth-order valence-corrected chi connectivity index (χ4v) is 3.50. The zero-order valence-electron chi connectivity index (χ0n) is 15.7. The van der Waals surface area contributed by atoms with Crippen molar-refractivity contribution in [3.05, 3.63) is 42.5 Å². The molecule has 0 atom stereocenters. The number of amides is 2. The highest BCUT2D eigenvalue weighted by Crippen LogP contribution is 2.23. The maximum absolute atomic E-state index is 12.5. The van der Waals surface area contributed by atoms with Crippen LogP contribution in [0.15, 0.2) is 42.5 Å². The van der Waals surface area contributed by atoms with Crippen molar-refractivity contribution in [1.29, 1.82) is 0 Å². The minimum Gasteiger partial charge on any atom is -0.383 e. The van der Waals surface area contributed by atoms with E-state index >= 15 is 0 Å². The van der Waals surface area contributed by atoms with Gasteiger partial charge in [0.05, 0.1) is 13.2 Å². The molecular weight excluding hydrogens is 342 g/mol. The first-order valence-corrected chi connectivity index (χ1v) is 9.44. The van der Waals surface area contributed by atoms with Crippen LogP contribution in [-0.4, -0.2) is 56.6 Å². The largest absolute Gasteiger partial charge is 0.383 e. The zero-order chi connectivity index (χ0) is 19.1. The molecule has 1 heterocycles. The quantitative estimate of drug-likeness (QED) is 0.735. The van der Waals surface area contributed by atoms with Gasteiger partial charge in [0.2, 0.25) is 11.8 Å². The lowest BCUT2D eigenvalue weighted by atomic mass is 9.96. The number of ether oxygens (including phenoxy) is 1. The fraction of sp³-hybridized carbons (Fsp3) is 0.429. The summed E-state index contributed by atoms with van der Waals surface area (Å²) in [6, 6.07) is 13.9. The van der Waals surface area contributed by atoms with Crippen molar-refractivity contribution in [2.24, 2.45) is 5.92 Å². The van der Waals surface area contributed by atoms with E-state index < -0.39 is 0 Å². The highest BCUT2D eigenvalue weighted by Gasteiger charge is 2.25. The fourth-order valence-electron chi connectivity index (χ4n) is 3.50. The minimum atomic E-state index is -0.0191. The third-order valence-corrected chi connectivity index (χ3v) is 4.99. The van der Waals surface area contributed by atoms with E-state index in [1.54, 1.807) is 7.11 Å². The zero-order valence-corrected chi connectivity index (χ0v) is 15.7. The Labute approximate surface area is 159 Å². The molecule has 3 rings (SSSR count). The van der Waals surface area contributed by atoms with Gasteiger partial charge < -0.3 is 15.4 Å². The Hall–Kier alpha value is -2.44. The van der Waals surface area contributed by atoms with Gasteiger partial charge in [-0.1, -0.05) is 36.4 Å². The molecule has 6 nitrogen and oxygen atoms in total. The molecule has 2 N–H and O–H groups in total. The lowest BCUT2D eigenvalue weighted by Crippen LogP contribution is -2.43. The average Bonchev–Trinajstić information content (AvgIpc) is 2.69. The summed E-state index contributed by atoms with van der Waals surface area (Å²) in [6.07, 6.45) is 1.56. The summed E-state index contributed by atoms with van der Waals surface area (Å²) in [4.78, 5) is 26.7. The van der Waals surface area contributed by atoms with Crippen LogP contribution in [0.2, 0.25) is 0 Å². The molecule has 0 aliphatic carbocycles. The van der Waals surface area contributed by atoms with Gasteiger partial charge in [0.1, 0.15) is 0 Å². The van der Waals surface area contributed by atoms with Crippen molar-refractivity contribution in [2.45, 2.75) is 12.8 Å². The predicted molar refractivity (Wildman–Crippen MR) is 107 cm³/mol. The second-order valence-electron chi connectivity index (χ2n) is 6.91. The van der Waals surface area contributed by atoms with Crippen molar-refractivity contribution in [3.63, 3.8) is 0 Å². The molecule has 0 unspecified atom stereocenters. The highest BCUT2D eigenvalue weighted by molar-refractivity contribution is 6.02. The number of piperidine rings is 1. The van der Waals surface area contributed by atoms with Gasteiger partial charge in [-0.25, -0.2) is 0 Å². The maximum atomic E-state index is 12.5. The van der Waals surface area contributed by atoms with Crippen molar-refractivity contribution >= 4 is 28.3 Å². The molecule has 2 amide bonds. The summed E-state index contributed by atoms with van der Waals surface area (Å²) in [6.45, 7) is 2.93. The Morgan fingerprint density at radius 1 is 1.11 bits per heavy atom. The number of likely N-dealkylation sites (tertiary alicyclic amines) is 1. The number of hydrogen-bond acceptors (Lipinski definition) is 4. The molecule has 1 fully saturated rings. The average molecular weight is 369 g/mol. The van der Waals surface area contributed by atoms with E-state index in [1.165, 1.54) is 0 Å². The van der Waals surface area contributed by atoms with E-state index in [0.29, 0.717) is 19.7 Å². The van der Waals surface area contributed by atoms with Crippen molar-refractivity contribution in [3.8, 4) is 0 Å². The van der Waals surface area contributed by atoms with Crippen LogP contribution in [0.25, 0.3) is 10.8 Å². The minimum absolute atomic E-state index is 0.0191. The number of carbonyl (C=O) groups is 2. The Morgan fingerprint density at radius 3 is 2.63 bits per heavy atom. The van der Waals surface area contributed by atoms with Crippen molar-refractivity contribution in [2.75, 3.05) is 45.2 Å². The molecule has 1 aliphatic heterocycles. The summed E-state index contributed by atoms with van der Waals surface area (Å²) in [5.74, 6) is 0.0977. The Bertz CT molecular complexity index is 780. The SMILES string of the molecule is COCCNC(=O)C1CCN(CC(=O)Nc2cccc3ccccc23)CC1. The molecular formula is C21H27N3O3. The number of rotatable bonds is 7. The van der Waals surface area contributed by atoms with E-state index in [2.05, 4.69) is 15.5 Å². The standard InChI is InChI=1S/C21H27N3O3/c1-27-14-11-22-21(26)17-9-12-24(13-10-17)15-20(25)23-19-8-4-6-16-5-2-3-7-18(16)19/h2-8,17H,9-15H2,1H3,(H,22,26)(H,23,25). The number of fused-ring (bicyclic) bond motifs is 1. The Kier molecular flexibility index (Phi) is 6.79.